The average Bonchev–Trinajstić information content (AvgIpc) is 2.76. The van der Waals surface area contributed by atoms with E-state index >= 15 is 0 Å². The van der Waals surface area contributed by atoms with E-state index in [4.69, 9.17) is 14.2 Å². The molecule has 0 unspecified atom stereocenters. The molecule has 0 radical (unpaired) electrons. The first-order chi connectivity index (χ1) is 7.79. The molecule has 0 aliphatic carbocycles. The molecule has 2 heterocycles. The molecule has 4 nitrogen and oxygen atoms in total. The molecule has 0 fully saturated rings. The van der Waals surface area contributed by atoms with Gasteiger partial charge in [0.1, 0.15) is 13.6 Å². The Balaban J connectivity index is 2.23. The zero-order chi connectivity index (χ0) is 11.1. The number of ether oxygens (including phenoxy) is 3. The first-order valence-corrected chi connectivity index (χ1v) is 5.34. The highest BCUT2D eigenvalue weighted by Gasteiger charge is 2.28. The molecule has 0 saturated heterocycles. The van der Waals surface area contributed by atoms with Gasteiger partial charge in [-0.05, 0) is 6.07 Å². The van der Waals surface area contributed by atoms with E-state index in [9.17, 15) is 0 Å². The van der Waals surface area contributed by atoms with Crippen LogP contribution in [0.4, 0.5) is 0 Å². The molecule has 1 aromatic rings. The summed E-state index contributed by atoms with van der Waals surface area (Å²) in [4.78, 5) is 0. The van der Waals surface area contributed by atoms with Crippen molar-refractivity contribution in [2.24, 2.45) is 0 Å². The van der Waals surface area contributed by atoms with E-state index in [0.29, 0.717) is 0 Å². The van der Waals surface area contributed by atoms with Crippen LogP contribution in [0.15, 0.2) is 6.07 Å². The number of rotatable bonds is 1. The second kappa shape index (κ2) is 3.40. The number of hydrogen-bond donors (Lipinski definition) is 0. The van der Waals surface area contributed by atoms with E-state index in [2.05, 4.69) is 17.8 Å². The molecule has 2 aliphatic heterocycles. The third kappa shape index (κ3) is 1.26. The summed E-state index contributed by atoms with van der Waals surface area (Å²) in [5.74, 6) is 2.36. The lowest BCUT2D eigenvalue weighted by atomic mass is 10.00. The molecule has 0 bridgehead atoms. The molecule has 1 aromatic carbocycles. The summed E-state index contributed by atoms with van der Waals surface area (Å²) < 4.78 is 18.5. The molecular weight excluding hydrogens is 206 g/mol. The Morgan fingerprint density at radius 3 is 2.94 bits per heavy atom. The van der Waals surface area contributed by atoms with Gasteiger partial charge in [-0.1, -0.05) is 0 Å². The number of nitrogens with zero attached hydrogens (tertiary/aromatic N) is 1. The molecule has 0 N–H and O–H groups in total. The predicted molar refractivity (Wildman–Crippen MR) is 59.0 cm³/mol. The minimum atomic E-state index is 0.290. The molecule has 0 atom stereocenters. The standard InChI is InChI=1S/C12H14NO3/c1-13-4-3-9-8(6-13)5-10(14-2)12-11(9)15-7-16-12/h5-6H,3-4,7H2,1-2H3/q+1. The third-order valence-electron chi connectivity index (χ3n) is 3.04. The van der Waals surface area contributed by atoms with Crippen molar-refractivity contribution >= 4 is 6.21 Å². The maximum atomic E-state index is 5.53. The Bertz CT molecular complexity index is 480. The largest absolute Gasteiger partial charge is 0.493 e. The van der Waals surface area contributed by atoms with Crippen LogP contribution in [-0.2, 0) is 6.42 Å². The molecular formula is C12H14NO3+. The maximum Gasteiger partial charge on any atom is 0.231 e. The van der Waals surface area contributed by atoms with Crippen molar-refractivity contribution < 1.29 is 18.8 Å². The molecule has 4 heteroatoms. The Kier molecular flexibility index (Phi) is 2.02. The van der Waals surface area contributed by atoms with Crippen molar-refractivity contribution in [3.8, 4) is 17.2 Å². The fraction of sp³-hybridized carbons (Fsp3) is 0.417. The predicted octanol–water partition coefficient (Wildman–Crippen LogP) is 1.04. The highest BCUT2D eigenvalue weighted by Crippen LogP contribution is 2.45. The minimum absolute atomic E-state index is 0.290. The number of fused-ring (bicyclic) bond motifs is 3. The van der Waals surface area contributed by atoms with Gasteiger partial charge in [-0.2, -0.15) is 0 Å². The van der Waals surface area contributed by atoms with Crippen LogP contribution < -0.4 is 14.2 Å². The van der Waals surface area contributed by atoms with Crippen molar-refractivity contribution in [3.63, 3.8) is 0 Å². The second-order valence-electron chi connectivity index (χ2n) is 4.07. The van der Waals surface area contributed by atoms with E-state index in [-0.39, 0.29) is 6.79 Å². The van der Waals surface area contributed by atoms with E-state index < -0.39 is 0 Å². The highest BCUT2D eigenvalue weighted by molar-refractivity contribution is 5.83. The van der Waals surface area contributed by atoms with E-state index in [1.54, 1.807) is 7.11 Å². The fourth-order valence-electron chi connectivity index (χ4n) is 2.23. The topological polar surface area (TPSA) is 30.7 Å². The van der Waals surface area contributed by atoms with Gasteiger partial charge in [-0.25, -0.2) is 4.58 Å². The normalized spacial score (nSPS) is 16.8. The molecule has 0 aromatic heterocycles. The zero-order valence-electron chi connectivity index (χ0n) is 9.45. The van der Waals surface area contributed by atoms with Crippen molar-refractivity contribution in [2.75, 3.05) is 27.5 Å². The van der Waals surface area contributed by atoms with Crippen LogP contribution in [0.3, 0.4) is 0 Å². The molecule has 0 saturated carbocycles. The monoisotopic (exact) mass is 220 g/mol. The van der Waals surface area contributed by atoms with Crippen LogP contribution in [0.25, 0.3) is 0 Å². The number of likely N-dealkylation sites (N-methyl/N-ethyl adjacent to an activating group) is 1. The van der Waals surface area contributed by atoms with Gasteiger partial charge in [0, 0.05) is 17.5 Å². The lowest BCUT2D eigenvalue weighted by molar-refractivity contribution is -0.493. The number of benzene rings is 1. The first kappa shape index (κ1) is 9.51. The van der Waals surface area contributed by atoms with Gasteiger partial charge in [-0.3, -0.25) is 0 Å². The summed E-state index contributed by atoms with van der Waals surface area (Å²) in [6, 6.07) is 2.01. The number of hydrogen-bond acceptors (Lipinski definition) is 3. The molecule has 0 amide bonds. The van der Waals surface area contributed by atoms with Gasteiger partial charge in [0.05, 0.1) is 7.11 Å². The van der Waals surface area contributed by atoms with Crippen LogP contribution in [0, 0.1) is 0 Å². The van der Waals surface area contributed by atoms with E-state index in [0.717, 1.165) is 35.8 Å². The summed E-state index contributed by atoms with van der Waals surface area (Å²) in [5.41, 5.74) is 2.39. The maximum absolute atomic E-state index is 5.53. The molecule has 0 spiro atoms. The fourth-order valence-corrected chi connectivity index (χ4v) is 2.23. The molecule has 84 valence electrons. The van der Waals surface area contributed by atoms with Crippen molar-refractivity contribution in [3.05, 3.63) is 17.2 Å². The van der Waals surface area contributed by atoms with Crippen LogP contribution in [0.1, 0.15) is 11.1 Å². The molecule has 2 aliphatic rings. The van der Waals surface area contributed by atoms with Crippen LogP contribution in [0.5, 0.6) is 17.2 Å². The molecule has 3 rings (SSSR count). The summed E-state index contributed by atoms with van der Waals surface area (Å²) in [5, 5.41) is 0. The van der Waals surface area contributed by atoms with Crippen molar-refractivity contribution in [1.29, 1.82) is 0 Å². The van der Waals surface area contributed by atoms with Crippen LogP contribution in [-0.4, -0.2) is 38.3 Å². The minimum Gasteiger partial charge on any atom is -0.493 e. The lowest BCUT2D eigenvalue weighted by Crippen LogP contribution is -2.19. The Morgan fingerprint density at radius 1 is 1.31 bits per heavy atom. The quantitative estimate of drug-likeness (QED) is 0.663. The van der Waals surface area contributed by atoms with Crippen LogP contribution in [0.2, 0.25) is 0 Å². The number of methoxy groups -OCH3 is 1. The summed E-state index contributed by atoms with van der Waals surface area (Å²) in [7, 11) is 3.72. The van der Waals surface area contributed by atoms with Gasteiger partial charge >= 0.3 is 0 Å². The second-order valence-corrected chi connectivity index (χ2v) is 4.07. The van der Waals surface area contributed by atoms with Gasteiger partial charge in [0.2, 0.25) is 12.5 Å². The SMILES string of the molecule is COc1cc2c(c3c1OCO3)CC[N+](C)=C2. The highest BCUT2D eigenvalue weighted by atomic mass is 16.7. The molecule has 16 heavy (non-hydrogen) atoms. The van der Waals surface area contributed by atoms with Crippen molar-refractivity contribution in [2.45, 2.75) is 6.42 Å². The van der Waals surface area contributed by atoms with Gasteiger partial charge in [0.25, 0.3) is 0 Å². The van der Waals surface area contributed by atoms with Gasteiger partial charge in [-0.15, -0.1) is 0 Å². The van der Waals surface area contributed by atoms with Crippen LogP contribution >= 0.6 is 0 Å². The summed E-state index contributed by atoms with van der Waals surface area (Å²) >= 11 is 0. The van der Waals surface area contributed by atoms with Gasteiger partial charge < -0.3 is 14.2 Å². The Hall–Kier alpha value is -1.71. The Labute approximate surface area is 94.1 Å². The zero-order valence-corrected chi connectivity index (χ0v) is 9.45. The van der Waals surface area contributed by atoms with Crippen molar-refractivity contribution in [1.82, 2.24) is 0 Å². The Morgan fingerprint density at radius 2 is 2.12 bits per heavy atom. The van der Waals surface area contributed by atoms with E-state index in [1.165, 1.54) is 5.56 Å². The summed E-state index contributed by atoms with van der Waals surface area (Å²) in [6.07, 6.45) is 3.10. The summed E-state index contributed by atoms with van der Waals surface area (Å²) in [6.45, 7) is 1.30. The third-order valence-corrected chi connectivity index (χ3v) is 3.04. The van der Waals surface area contributed by atoms with Gasteiger partial charge in [0.15, 0.2) is 17.7 Å². The first-order valence-electron chi connectivity index (χ1n) is 5.34. The average molecular weight is 220 g/mol. The van der Waals surface area contributed by atoms with E-state index in [1.807, 2.05) is 6.07 Å². The lowest BCUT2D eigenvalue weighted by Gasteiger charge is -2.14. The smallest absolute Gasteiger partial charge is 0.231 e.